The van der Waals surface area contributed by atoms with Gasteiger partial charge in [0.05, 0.1) is 17.0 Å². The van der Waals surface area contributed by atoms with Crippen molar-refractivity contribution in [2.24, 2.45) is 0 Å². The summed E-state index contributed by atoms with van der Waals surface area (Å²) in [4.78, 5) is 29.6. The van der Waals surface area contributed by atoms with E-state index < -0.39 is 0 Å². The minimum absolute atomic E-state index is 0.0646. The van der Waals surface area contributed by atoms with Crippen molar-refractivity contribution in [3.05, 3.63) is 81.6 Å². The second-order valence-electron chi connectivity index (χ2n) is 6.06. The van der Waals surface area contributed by atoms with Gasteiger partial charge in [-0.3, -0.25) is 14.2 Å². The van der Waals surface area contributed by atoms with Crippen LogP contribution in [0, 0.1) is 6.92 Å². The molecule has 0 amide bonds. The molecule has 0 aliphatic rings. The van der Waals surface area contributed by atoms with Crippen molar-refractivity contribution in [3.8, 4) is 11.6 Å². The number of benzene rings is 2. The summed E-state index contributed by atoms with van der Waals surface area (Å²) in [5.74, 6) is -0.222. The largest absolute Gasteiger partial charge is 0.493 e. The van der Waals surface area contributed by atoms with E-state index in [1.54, 1.807) is 31.2 Å². The molecular weight excluding hydrogens is 360 g/mol. The van der Waals surface area contributed by atoms with Crippen LogP contribution in [0.3, 0.4) is 0 Å². The number of hydrogen-bond donors (Lipinski definition) is 1. The average Bonchev–Trinajstić information content (AvgIpc) is 2.68. The van der Waals surface area contributed by atoms with Crippen molar-refractivity contribution in [1.29, 1.82) is 0 Å². The molecule has 1 aromatic heterocycles. The van der Waals surface area contributed by atoms with Gasteiger partial charge >= 0.3 is 0 Å². The Morgan fingerprint density at radius 2 is 1.78 bits per heavy atom. The lowest BCUT2D eigenvalue weighted by Gasteiger charge is -2.15. The van der Waals surface area contributed by atoms with Crippen LogP contribution >= 0.6 is 11.8 Å². The summed E-state index contributed by atoms with van der Waals surface area (Å²) in [5.41, 5.74) is 2.15. The molecule has 3 aromatic rings. The quantitative estimate of drug-likeness (QED) is 0.400. The number of rotatable bonds is 6. The summed E-state index contributed by atoms with van der Waals surface area (Å²) >= 11 is 1.14. The Labute approximate surface area is 161 Å². The molecule has 0 spiro atoms. The molecule has 1 heterocycles. The fourth-order valence-corrected chi connectivity index (χ4v) is 3.68. The molecule has 6 heteroatoms. The van der Waals surface area contributed by atoms with E-state index in [1.807, 2.05) is 37.3 Å². The fourth-order valence-electron chi connectivity index (χ4n) is 2.80. The van der Waals surface area contributed by atoms with Crippen LogP contribution in [0.25, 0.3) is 5.69 Å². The van der Waals surface area contributed by atoms with E-state index in [1.165, 1.54) is 4.57 Å². The molecule has 0 unspecified atom stereocenters. The number of para-hydroxylation sites is 1. The molecule has 2 aromatic carbocycles. The standard InChI is InChI=1S/C21H20N2O3S/c1-3-16-19(25)22-21(27-13-18(24)15-10-5-4-6-11-15)23(20(16)26)17-12-8-7-9-14(17)2/h4-12,25H,3,13H2,1-2H3. The van der Waals surface area contributed by atoms with Crippen LogP contribution in [0.1, 0.15) is 28.4 Å². The summed E-state index contributed by atoms with van der Waals surface area (Å²) in [5, 5.41) is 10.5. The second kappa shape index (κ2) is 8.22. The van der Waals surface area contributed by atoms with Crippen molar-refractivity contribution < 1.29 is 9.90 Å². The van der Waals surface area contributed by atoms with Crippen LogP contribution in [0.5, 0.6) is 5.88 Å². The Bertz CT molecular complexity index is 1030. The predicted octanol–water partition coefficient (Wildman–Crippen LogP) is 3.78. The van der Waals surface area contributed by atoms with Crippen LogP contribution in [0.4, 0.5) is 0 Å². The van der Waals surface area contributed by atoms with Crippen LogP contribution in [-0.4, -0.2) is 26.2 Å². The lowest BCUT2D eigenvalue weighted by atomic mass is 10.2. The monoisotopic (exact) mass is 380 g/mol. The molecule has 3 rings (SSSR count). The third kappa shape index (κ3) is 3.95. The minimum Gasteiger partial charge on any atom is -0.493 e. The van der Waals surface area contributed by atoms with E-state index in [0.717, 1.165) is 17.3 Å². The zero-order valence-corrected chi connectivity index (χ0v) is 16.0. The Kier molecular flexibility index (Phi) is 5.76. The van der Waals surface area contributed by atoms with Gasteiger partial charge in [0.15, 0.2) is 10.9 Å². The Balaban J connectivity index is 2.03. The molecule has 0 bridgehead atoms. The molecule has 0 saturated carbocycles. The van der Waals surface area contributed by atoms with Gasteiger partial charge in [0.1, 0.15) is 0 Å². The van der Waals surface area contributed by atoms with Gasteiger partial charge in [-0.1, -0.05) is 67.2 Å². The number of aryl methyl sites for hydroxylation is 1. The first-order valence-electron chi connectivity index (χ1n) is 8.64. The average molecular weight is 380 g/mol. The zero-order valence-electron chi connectivity index (χ0n) is 15.2. The fraction of sp³-hybridized carbons (Fsp3) is 0.190. The molecule has 0 radical (unpaired) electrons. The van der Waals surface area contributed by atoms with Crippen LogP contribution in [0.2, 0.25) is 0 Å². The van der Waals surface area contributed by atoms with Crippen LogP contribution < -0.4 is 5.56 Å². The second-order valence-corrected chi connectivity index (χ2v) is 7.00. The third-order valence-electron chi connectivity index (χ3n) is 4.26. The topological polar surface area (TPSA) is 72.2 Å². The van der Waals surface area contributed by atoms with Crippen molar-refractivity contribution in [2.75, 3.05) is 5.75 Å². The first-order chi connectivity index (χ1) is 13.0. The highest BCUT2D eigenvalue weighted by Crippen LogP contribution is 2.25. The van der Waals surface area contributed by atoms with Crippen molar-refractivity contribution in [3.63, 3.8) is 0 Å². The van der Waals surface area contributed by atoms with Crippen molar-refractivity contribution in [2.45, 2.75) is 25.4 Å². The first-order valence-corrected chi connectivity index (χ1v) is 9.63. The zero-order chi connectivity index (χ0) is 19.4. The number of carbonyl (C=O) groups excluding carboxylic acids is 1. The molecule has 0 aliphatic carbocycles. The van der Waals surface area contributed by atoms with Crippen LogP contribution in [0.15, 0.2) is 64.5 Å². The van der Waals surface area contributed by atoms with Gasteiger partial charge in [-0.2, -0.15) is 4.98 Å². The maximum Gasteiger partial charge on any atom is 0.265 e. The van der Waals surface area contributed by atoms with Crippen molar-refractivity contribution in [1.82, 2.24) is 9.55 Å². The number of nitrogens with zero attached hydrogens (tertiary/aromatic N) is 2. The number of aromatic nitrogens is 2. The minimum atomic E-state index is -0.311. The molecule has 0 atom stereocenters. The van der Waals surface area contributed by atoms with E-state index in [4.69, 9.17) is 0 Å². The van der Waals surface area contributed by atoms with E-state index >= 15 is 0 Å². The summed E-state index contributed by atoms with van der Waals surface area (Å²) in [6.45, 7) is 3.70. The number of thioether (sulfide) groups is 1. The van der Waals surface area contributed by atoms with E-state index in [-0.39, 0.29) is 28.5 Å². The van der Waals surface area contributed by atoms with Gasteiger partial charge < -0.3 is 5.11 Å². The Morgan fingerprint density at radius 1 is 1.11 bits per heavy atom. The molecule has 0 fully saturated rings. The number of hydrogen-bond acceptors (Lipinski definition) is 5. The molecule has 0 aliphatic heterocycles. The number of carbonyl (C=O) groups is 1. The number of ketones is 1. The molecule has 5 nitrogen and oxygen atoms in total. The van der Waals surface area contributed by atoms with Gasteiger partial charge in [0, 0.05) is 5.56 Å². The predicted molar refractivity (Wildman–Crippen MR) is 107 cm³/mol. The van der Waals surface area contributed by atoms with Crippen LogP contribution in [-0.2, 0) is 6.42 Å². The smallest absolute Gasteiger partial charge is 0.265 e. The summed E-state index contributed by atoms with van der Waals surface area (Å²) < 4.78 is 1.48. The third-order valence-corrected chi connectivity index (χ3v) is 5.20. The van der Waals surface area contributed by atoms with Gasteiger partial charge in [-0.05, 0) is 25.0 Å². The highest BCUT2D eigenvalue weighted by atomic mass is 32.2. The maximum absolute atomic E-state index is 13.0. The normalized spacial score (nSPS) is 10.7. The molecule has 1 N–H and O–H groups in total. The van der Waals surface area contributed by atoms with Gasteiger partial charge in [0.25, 0.3) is 5.56 Å². The number of aromatic hydroxyl groups is 1. The van der Waals surface area contributed by atoms with Gasteiger partial charge in [-0.25, -0.2) is 0 Å². The van der Waals surface area contributed by atoms with Gasteiger partial charge in [0.2, 0.25) is 5.88 Å². The summed E-state index contributed by atoms with van der Waals surface area (Å²) in [7, 11) is 0. The Hall–Kier alpha value is -2.86. The molecule has 138 valence electrons. The maximum atomic E-state index is 13.0. The first kappa shape index (κ1) is 18.9. The Morgan fingerprint density at radius 3 is 2.44 bits per heavy atom. The van der Waals surface area contributed by atoms with E-state index in [0.29, 0.717) is 22.8 Å². The summed E-state index contributed by atoms with van der Waals surface area (Å²) in [6.07, 6.45) is 0.372. The van der Waals surface area contributed by atoms with E-state index in [2.05, 4.69) is 4.98 Å². The lowest BCUT2D eigenvalue weighted by Crippen LogP contribution is -2.26. The number of Topliss-reactive ketones (excluding diaryl/α,β-unsaturated/α-hetero) is 1. The molecule has 27 heavy (non-hydrogen) atoms. The SMILES string of the molecule is CCc1c(O)nc(SCC(=O)c2ccccc2)n(-c2ccccc2C)c1=O. The molecule has 0 saturated heterocycles. The molecular formula is C21H20N2O3S. The highest BCUT2D eigenvalue weighted by molar-refractivity contribution is 7.99. The lowest BCUT2D eigenvalue weighted by molar-refractivity contribution is 0.102. The van der Waals surface area contributed by atoms with E-state index in [9.17, 15) is 14.7 Å². The van der Waals surface area contributed by atoms with Crippen molar-refractivity contribution >= 4 is 17.5 Å². The highest BCUT2D eigenvalue weighted by Gasteiger charge is 2.19. The van der Waals surface area contributed by atoms with Gasteiger partial charge in [-0.15, -0.1) is 0 Å². The summed E-state index contributed by atoms with van der Waals surface area (Å²) in [6, 6.07) is 16.4.